The number of carbonyl (C=O) groups excluding carboxylic acids is 1. The molecule has 1 fully saturated rings. The molecule has 7 nitrogen and oxygen atoms in total. The van der Waals surface area contributed by atoms with Crippen LogP contribution in [-0.2, 0) is 18.4 Å². The minimum Gasteiger partial charge on any atom is -0.325 e. The van der Waals surface area contributed by atoms with Crippen molar-refractivity contribution in [2.75, 3.05) is 11.9 Å². The molecule has 1 N–H and O–H groups in total. The number of aromatic nitrogens is 4. The second-order valence-corrected chi connectivity index (χ2v) is 7.19. The van der Waals surface area contributed by atoms with E-state index in [-0.39, 0.29) is 11.9 Å². The quantitative estimate of drug-likeness (QED) is 0.741. The van der Waals surface area contributed by atoms with E-state index in [4.69, 9.17) is 0 Å². The van der Waals surface area contributed by atoms with E-state index in [9.17, 15) is 4.79 Å². The third-order valence-electron chi connectivity index (χ3n) is 5.19. The summed E-state index contributed by atoms with van der Waals surface area (Å²) in [5, 5.41) is 7.26. The fourth-order valence-corrected chi connectivity index (χ4v) is 3.64. The van der Waals surface area contributed by atoms with Crippen molar-refractivity contribution in [1.82, 2.24) is 24.6 Å². The van der Waals surface area contributed by atoms with E-state index in [0.717, 1.165) is 47.6 Å². The molecular formula is C21H24N6O. The molecule has 0 radical (unpaired) electrons. The fourth-order valence-electron chi connectivity index (χ4n) is 3.64. The molecule has 0 aliphatic carbocycles. The summed E-state index contributed by atoms with van der Waals surface area (Å²) in [5.74, 6) is 0.0353. The minimum absolute atomic E-state index is 0.0353. The Balaban J connectivity index is 1.42. The van der Waals surface area contributed by atoms with Crippen LogP contribution in [-0.4, -0.2) is 43.1 Å². The first-order valence-corrected chi connectivity index (χ1v) is 9.50. The van der Waals surface area contributed by atoms with E-state index in [1.807, 2.05) is 50.6 Å². The van der Waals surface area contributed by atoms with Gasteiger partial charge in [0.25, 0.3) is 0 Å². The van der Waals surface area contributed by atoms with Crippen LogP contribution in [0.15, 0.2) is 49.1 Å². The van der Waals surface area contributed by atoms with Gasteiger partial charge in [0.2, 0.25) is 5.91 Å². The highest BCUT2D eigenvalue weighted by Gasteiger charge is 2.31. The number of nitrogens with one attached hydrogen (secondary N) is 1. The summed E-state index contributed by atoms with van der Waals surface area (Å²) in [6, 6.07) is 7.74. The SMILES string of the molecule is Cc1nccnc1CN1CCCC1C(=O)Nc1ccc(-c2cnn(C)c2)cc1. The Kier molecular flexibility index (Phi) is 5.16. The highest BCUT2D eigenvalue weighted by molar-refractivity contribution is 5.95. The molecule has 1 unspecified atom stereocenters. The van der Waals surface area contributed by atoms with Gasteiger partial charge in [-0.25, -0.2) is 0 Å². The molecule has 144 valence electrons. The van der Waals surface area contributed by atoms with E-state index in [1.54, 1.807) is 17.1 Å². The van der Waals surface area contributed by atoms with Crippen LogP contribution in [0.1, 0.15) is 24.2 Å². The number of amides is 1. The predicted molar refractivity (Wildman–Crippen MR) is 107 cm³/mol. The third kappa shape index (κ3) is 3.94. The van der Waals surface area contributed by atoms with Crippen LogP contribution >= 0.6 is 0 Å². The Bertz CT molecular complexity index is 965. The molecule has 3 heterocycles. The molecule has 3 aromatic rings. The number of hydrogen-bond acceptors (Lipinski definition) is 5. The van der Waals surface area contributed by atoms with Crippen molar-refractivity contribution in [3.05, 3.63) is 60.4 Å². The van der Waals surface area contributed by atoms with Gasteiger partial charge in [-0.1, -0.05) is 12.1 Å². The number of rotatable bonds is 5. The van der Waals surface area contributed by atoms with Gasteiger partial charge in [0.1, 0.15) is 0 Å². The summed E-state index contributed by atoms with van der Waals surface area (Å²) in [7, 11) is 1.90. The number of anilines is 1. The molecule has 1 amide bonds. The molecule has 1 aliphatic heterocycles. The first kappa shape index (κ1) is 18.3. The van der Waals surface area contributed by atoms with Gasteiger partial charge in [0, 0.05) is 43.4 Å². The smallest absolute Gasteiger partial charge is 0.241 e. The maximum Gasteiger partial charge on any atom is 0.241 e. The molecule has 1 aromatic carbocycles. The molecule has 2 aromatic heterocycles. The normalized spacial score (nSPS) is 17.0. The lowest BCUT2D eigenvalue weighted by Crippen LogP contribution is -2.39. The van der Waals surface area contributed by atoms with Gasteiger partial charge in [0.05, 0.1) is 23.6 Å². The summed E-state index contributed by atoms with van der Waals surface area (Å²) in [6.07, 6.45) is 9.08. The molecule has 1 aliphatic rings. The largest absolute Gasteiger partial charge is 0.325 e. The summed E-state index contributed by atoms with van der Waals surface area (Å²) < 4.78 is 1.78. The average Bonchev–Trinajstić information content (AvgIpc) is 3.33. The zero-order chi connectivity index (χ0) is 19.5. The van der Waals surface area contributed by atoms with Crippen molar-refractivity contribution in [2.24, 2.45) is 7.05 Å². The standard InChI is InChI=1S/C21H24N6O/c1-15-19(23-10-9-22-15)14-27-11-3-4-20(27)21(28)25-18-7-5-16(6-8-18)17-12-24-26(2)13-17/h5-10,12-13,20H,3-4,11,14H2,1-2H3,(H,25,28). The lowest BCUT2D eigenvalue weighted by molar-refractivity contribution is -0.120. The molecule has 0 bridgehead atoms. The van der Waals surface area contributed by atoms with Gasteiger partial charge in [-0.2, -0.15) is 5.10 Å². The van der Waals surface area contributed by atoms with Crippen LogP contribution in [0.25, 0.3) is 11.1 Å². The van der Waals surface area contributed by atoms with Crippen LogP contribution in [0, 0.1) is 6.92 Å². The van der Waals surface area contributed by atoms with Crippen LogP contribution in [0.3, 0.4) is 0 Å². The Morgan fingerprint density at radius 2 is 1.96 bits per heavy atom. The van der Waals surface area contributed by atoms with Gasteiger partial charge in [-0.15, -0.1) is 0 Å². The van der Waals surface area contributed by atoms with E-state index < -0.39 is 0 Å². The topological polar surface area (TPSA) is 75.9 Å². The highest BCUT2D eigenvalue weighted by Crippen LogP contribution is 2.24. The molecule has 7 heteroatoms. The minimum atomic E-state index is -0.139. The van der Waals surface area contributed by atoms with Crippen LogP contribution in [0.4, 0.5) is 5.69 Å². The van der Waals surface area contributed by atoms with Gasteiger partial charge in [0.15, 0.2) is 0 Å². The second-order valence-electron chi connectivity index (χ2n) is 7.19. The zero-order valence-electron chi connectivity index (χ0n) is 16.2. The monoisotopic (exact) mass is 376 g/mol. The maximum atomic E-state index is 12.9. The van der Waals surface area contributed by atoms with Crippen molar-refractivity contribution < 1.29 is 4.79 Å². The summed E-state index contributed by atoms with van der Waals surface area (Å²) in [4.78, 5) is 23.8. The highest BCUT2D eigenvalue weighted by atomic mass is 16.2. The number of benzene rings is 1. The Labute approximate surface area is 164 Å². The number of hydrogen-bond donors (Lipinski definition) is 1. The number of likely N-dealkylation sites (tertiary alicyclic amines) is 1. The lowest BCUT2D eigenvalue weighted by Gasteiger charge is -2.23. The first-order valence-electron chi connectivity index (χ1n) is 9.50. The third-order valence-corrected chi connectivity index (χ3v) is 5.19. The van der Waals surface area contributed by atoms with Crippen molar-refractivity contribution in [1.29, 1.82) is 0 Å². The van der Waals surface area contributed by atoms with Crippen molar-refractivity contribution in [3.63, 3.8) is 0 Å². The molecule has 1 saturated heterocycles. The second kappa shape index (κ2) is 7.90. The molecule has 1 atom stereocenters. The first-order chi connectivity index (χ1) is 13.6. The molecule has 0 spiro atoms. The predicted octanol–water partition coefficient (Wildman–Crippen LogP) is 2.79. The van der Waals surface area contributed by atoms with Crippen LogP contribution < -0.4 is 5.32 Å². The van der Waals surface area contributed by atoms with E-state index in [1.165, 1.54) is 0 Å². The fraction of sp³-hybridized carbons (Fsp3) is 0.333. The van der Waals surface area contributed by atoms with Gasteiger partial charge >= 0.3 is 0 Å². The Hall–Kier alpha value is -3.06. The number of carbonyl (C=O) groups is 1. The summed E-state index contributed by atoms with van der Waals surface area (Å²) >= 11 is 0. The van der Waals surface area contributed by atoms with Crippen molar-refractivity contribution in [2.45, 2.75) is 32.4 Å². The van der Waals surface area contributed by atoms with Crippen LogP contribution in [0.2, 0.25) is 0 Å². The zero-order valence-corrected chi connectivity index (χ0v) is 16.2. The Morgan fingerprint density at radius 1 is 1.18 bits per heavy atom. The van der Waals surface area contributed by atoms with Gasteiger partial charge in [-0.3, -0.25) is 24.3 Å². The number of nitrogens with zero attached hydrogens (tertiary/aromatic N) is 5. The summed E-state index contributed by atoms with van der Waals surface area (Å²) in [5.41, 5.74) is 4.79. The summed E-state index contributed by atoms with van der Waals surface area (Å²) in [6.45, 7) is 3.50. The molecular weight excluding hydrogens is 352 g/mol. The molecule has 28 heavy (non-hydrogen) atoms. The number of aryl methyl sites for hydroxylation is 2. The molecule has 4 rings (SSSR count). The van der Waals surface area contributed by atoms with E-state index >= 15 is 0 Å². The van der Waals surface area contributed by atoms with Gasteiger partial charge < -0.3 is 5.32 Å². The van der Waals surface area contributed by atoms with Crippen LogP contribution in [0.5, 0.6) is 0 Å². The van der Waals surface area contributed by atoms with Crippen molar-refractivity contribution >= 4 is 11.6 Å². The van der Waals surface area contributed by atoms with Crippen molar-refractivity contribution in [3.8, 4) is 11.1 Å². The average molecular weight is 376 g/mol. The molecule has 0 saturated carbocycles. The van der Waals surface area contributed by atoms with E-state index in [2.05, 4.69) is 25.3 Å². The Morgan fingerprint density at radius 3 is 2.68 bits per heavy atom. The lowest BCUT2D eigenvalue weighted by atomic mass is 10.1. The van der Waals surface area contributed by atoms with E-state index in [0.29, 0.717) is 6.54 Å². The van der Waals surface area contributed by atoms with Gasteiger partial charge in [-0.05, 0) is 44.0 Å². The maximum absolute atomic E-state index is 12.9.